The molecule has 2 aromatic carbocycles. The lowest BCUT2D eigenvalue weighted by Gasteiger charge is -2.12. The van der Waals surface area contributed by atoms with Gasteiger partial charge in [0.1, 0.15) is 5.75 Å². The van der Waals surface area contributed by atoms with Gasteiger partial charge < -0.3 is 14.8 Å². The quantitative estimate of drug-likeness (QED) is 0.675. The number of aryl methyl sites for hydroxylation is 1. The molecule has 1 heterocycles. The van der Waals surface area contributed by atoms with Crippen LogP contribution in [0.3, 0.4) is 0 Å². The van der Waals surface area contributed by atoms with Crippen molar-refractivity contribution in [1.29, 1.82) is 0 Å². The van der Waals surface area contributed by atoms with Crippen LogP contribution in [0.2, 0.25) is 0 Å². The van der Waals surface area contributed by atoms with Crippen LogP contribution in [-0.4, -0.2) is 28.5 Å². The van der Waals surface area contributed by atoms with Gasteiger partial charge in [0.2, 0.25) is 0 Å². The first-order valence-electron chi connectivity index (χ1n) is 8.18. The van der Waals surface area contributed by atoms with Crippen molar-refractivity contribution in [3.63, 3.8) is 0 Å². The molecule has 0 atom stereocenters. The largest absolute Gasteiger partial charge is 0.455 e. The minimum absolute atomic E-state index is 0.0356. The second-order valence-electron chi connectivity index (χ2n) is 5.63. The van der Waals surface area contributed by atoms with Gasteiger partial charge in [0, 0.05) is 12.4 Å². The van der Waals surface area contributed by atoms with E-state index in [2.05, 4.69) is 15.3 Å². The zero-order chi connectivity index (χ0) is 19.1. The molecule has 0 fully saturated rings. The molecule has 0 unspecified atom stereocenters. The number of carbonyl (C=O) groups excluding carboxylic acids is 2. The Kier molecular flexibility index (Phi) is 5.73. The average Bonchev–Trinajstić information content (AvgIpc) is 2.70. The average molecular weight is 363 g/mol. The Hall–Kier alpha value is -3.74. The Bertz CT molecular complexity index is 927. The van der Waals surface area contributed by atoms with Crippen molar-refractivity contribution in [1.82, 2.24) is 9.97 Å². The van der Waals surface area contributed by atoms with Gasteiger partial charge in [-0.15, -0.1) is 0 Å². The molecule has 0 saturated heterocycles. The maximum atomic E-state index is 12.1. The van der Waals surface area contributed by atoms with Crippen molar-refractivity contribution in [2.75, 3.05) is 11.9 Å². The van der Waals surface area contributed by atoms with E-state index >= 15 is 0 Å². The van der Waals surface area contributed by atoms with Crippen molar-refractivity contribution < 1.29 is 19.1 Å². The van der Waals surface area contributed by atoms with Crippen LogP contribution < -0.4 is 10.1 Å². The summed E-state index contributed by atoms with van der Waals surface area (Å²) < 4.78 is 10.8. The molecule has 27 heavy (non-hydrogen) atoms. The first-order valence-corrected chi connectivity index (χ1v) is 8.18. The summed E-state index contributed by atoms with van der Waals surface area (Å²) in [5.74, 6) is -0.0824. The van der Waals surface area contributed by atoms with Crippen LogP contribution in [0.1, 0.15) is 16.1 Å². The Morgan fingerprint density at radius 1 is 1.04 bits per heavy atom. The molecule has 0 bridgehead atoms. The molecule has 3 rings (SSSR count). The molecule has 0 aliphatic carbocycles. The van der Waals surface area contributed by atoms with Crippen LogP contribution in [0.4, 0.5) is 5.69 Å². The Balaban J connectivity index is 1.61. The summed E-state index contributed by atoms with van der Waals surface area (Å²) >= 11 is 0. The zero-order valence-electron chi connectivity index (χ0n) is 14.6. The SMILES string of the molecule is Cc1ccc(Oc2ccccc2NC(=O)COC(=O)c2cnccn2)cc1. The van der Waals surface area contributed by atoms with Gasteiger partial charge in [0.15, 0.2) is 18.1 Å². The summed E-state index contributed by atoms with van der Waals surface area (Å²) in [6.07, 6.45) is 4.08. The number of nitrogens with zero attached hydrogens (tertiary/aromatic N) is 2. The minimum atomic E-state index is -0.720. The van der Waals surface area contributed by atoms with E-state index in [0.717, 1.165) is 5.56 Å². The molecule has 1 aromatic heterocycles. The highest BCUT2D eigenvalue weighted by molar-refractivity contribution is 5.95. The number of nitrogens with one attached hydrogen (secondary N) is 1. The van der Waals surface area contributed by atoms with E-state index in [1.807, 2.05) is 31.2 Å². The van der Waals surface area contributed by atoms with Crippen molar-refractivity contribution in [3.8, 4) is 11.5 Å². The molecule has 1 amide bonds. The molecule has 3 aromatic rings. The van der Waals surface area contributed by atoms with Gasteiger partial charge in [-0.2, -0.15) is 0 Å². The normalized spacial score (nSPS) is 10.1. The summed E-state index contributed by atoms with van der Waals surface area (Å²) in [6, 6.07) is 14.6. The van der Waals surface area contributed by atoms with E-state index in [1.54, 1.807) is 24.3 Å². The predicted octanol–water partition coefficient (Wildman–Crippen LogP) is 3.37. The summed E-state index contributed by atoms with van der Waals surface area (Å²) in [7, 11) is 0. The van der Waals surface area contributed by atoms with Gasteiger partial charge in [-0.3, -0.25) is 9.78 Å². The maximum absolute atomic E-state index is 12.1. The van der Waals surface area contributed by atoms with E-state index in [9.17, 15) is 9.59 Å². The smallest absolute Gasteiger partial charge is 0.359 e. The third-order valence-corrected chi connectivity index (χ3v) is 3.52. The van der Waals surface area contributed by atoms with Crippen LogP contribution in [0, 0.1) is 6.92 Å². The Labute approximate surface area is 156 Å². The minimum Gasteiger partial charge on any atom is -0.455 e. The molecule has 0 saturated carbocycles. The van der Waals surface area contributed by atoms with Crippen LogP contribution in [0.25, 0.3) is 0 Å². The number of hydrogen-bond acceptors (Lipinski definition) is 6. The molecule has 7 nitrogen and oxygen atoms in total. The topological polar surface area (TPSA) is 90.4 Å². The van der Waals surface area contributed by atoms with Crippen molar-refractivity contribution in [2.45, 2.75) is 6.92 Å². The van der Waals surface area contributed by atoms with Crippen LogP contribution in [0.15, 0.2) is 67.1 Å². The molecule has 1 N–H and O–H groups in total. The van der Waals surface area contributed by atoms with Gasteiger partial charge in [-0.1, -0.05) is 29.8 Å². The molecule has 0 spiro atoms. The molecule has 7 heteroatoms. The molecule has 0 aliphatic rings. The molecule has 0 aliphatic heterocycles. The molecule has 0 radical (unpaired) electrons. The lowest BCUT2D eigenvalue weighted by Crippen LogP contribution is -2.21. The fraction of sp³-hybridized carbons (Fsp3) is 0.100. The van der Waals surface area contributed by atoms with Crippen LogP contribution in [-0.2, 0) is 9.53 Å². The first-order chi connectivity index (χ1) is 13.1. The molecular weight excluding hydrogens is 346 g/mol. The fourth-order valence-electron chi connectivity index (χ4n) is 2.19. The van der Waals surface area contributed by atoms with Gasteiger partial charge in [-0.25, -0.2) is 9.78 Å². The highest BCUT2D eigenvalue weighted by Crippen LogP contribution is 2.29. The standard InChI is InChI=1S/C20H17N3O4/c1-14-6-8-15(9-7-14)27-18-5-3-2-4-16(18)23-19(24)13-26-20(25)17-12-21-10-11-22-17/h2-12H,13H2,1H3,(H,23,24). The highest BCUT2D eigenvalue weighted by Gasteiger charge is 2.13. The number of carbonyl (C=O) groups is 2. The number of esters is 1. The zero-order valence-corrected chi connectivity index (χ0v) is 14.6. The lowest BCUT2D eigenvalue weighted by atomic mass is 10.2. The Morgan fingerprint density at radius 2 is 1.81 bits per heavy atom. The number of amides is 1. The predicted molar refractivity (Wildman–Crippen MR) is 98.6 cm³/mol. The molecular formula is C20H17N3O4. The van der Waals surface area contributed by atoms with Gasteiger partial charge in [0.05, 0.1) is 11.9 Å². The van der Waals surface area contributed by atoms with Crippen LogP contribution >= 0.6 is 0 Å². The van der Waals surface area contributed by atoms with Crippen LogP contribution in [0.5, 0.6) is 11.5 Å². The van der Waals surface area contributed by atoms with E-state index in [4.69, 9.17) is 9.47 Å². The van der Waals surface area contributed by atoms with E-state index < -0.39 is 18.5 Å². The number of rotatable bonds is 6. The Morgan fingerprint density at radius 3 is 2.56 bits per heavy atom. The van der Waals surface area contributed by atoms with Crippen molar-refractivity contribution in [2.24, 2.45) is 0 Å². The number of para-hydroxylation sites is 2. The van der Waals surface area contributed by atoms with Gasteiger partial charge in [0.25, 0.3) is 5.91 Å². The maximum Gasteiger partial charge on any atom is 0.359 e. The third-order valence-electron chi connectivity index (χ3n) is 3.52. The van der Waals surface area contributed by atoms with Gasteiger partial charge in [-0.05, 0) is 31.2 Å². The number of aromatic nitrogens is 2. The first kappa shape index (κ1) is 18.1. The van der Waals surface area contributed by atoms with E-state index in [0.29, 0.717) is 17.2 Å². The number of benzene rings is 2. The van der Waals surface area contributed by atoms with Crippen molar-refractivity contribution in [3.05, 3.63) is 78.4 Å². The summed E-state index contributed by atoms with van der Waals surface area (Å²) in [5, 5.41) is 2.67. The lowest BCUT2D eigenvalue weighted by molar-refractivity contribution is -0.119. The summed E-state index contributed by atoms with van der Waals surface area (Å²) in [5.41, 5.74) is 1.63. The monoisotopic (exact) mass is 363 g/mol. The fourth-order valence-corrected chi connectivity index (χ4v) is 2.19. The third kappa shape index (κ3) is 5.12. The second kappa shape index (κ2) is 8.57. The van der Waals surface area contributed by atoms with E-state index in [-0.39, 0.29) is 5.69 Å². The molecule has 136 valence electrons. The highest BCUT2D eigenvalue weighted by atomic mass is 16.5. The second-order valence-corrected chi connectivity index (χ2v) is 5.63. The van der Waals surface area contributed by atoms with E-state index in [1.165, 1.54) is 18.6 Å². The van der Waals surface area contributed by atoms with Gasteiger partial charge >= 0.3 is 5.97 Å². The van der Waals surface area contributed by atoms with Crippen molar-refractivity contribution >= 4 is 17.6 Å². The summed E-state index contributed by atoms with van der Waals surface area (Å²) in [4.78, 5) is 31.5. The summed E-state index contributed by atoms with van der Waals surface area (Å²) in [6.45, 7) is 1.54. The number of anilines is 1. The number of hydrogen-bond donors (Lipinski definition) is 1. The number of ether oxygens (including phenoxy) is 2.